The van der Waals surface area contributed by atoms with E-state index in [4.69, 9.17) is 5.73 Å². The van der Waals surface area contributed by atoms with E-state index in [9.17, 15) is 4.79 Å². The fourth-order valence-electron chi connectivity index (χ4n) is 3.04. The molecule has 0 spiro atoms. The van der Waals surface area contributed by atoms with E-state index in [1.54, 1.807) is 6.07 Å². The minimum absolute atomic E-state index is 0.366. The van der Waals surface area contributed by atoms with Crippen LogP contribution in [0.25, 0.3) is 0 Å². The van der Waals surface area contributed by atoms with Crippen LogP contribution in [-0.4, -0.2) is 36.5 Å². The van der Waals surface area contributed by atoms with E-state index < -0.39 is 0 Å². The second-order valence-electron chi connectivity index (χ2n) is 6.01. The first-order valence-corrected chi connectivity index (χ1v) is 7.99. The predicted octanol–water partition coefficient (Wildman–Crippen LogP) is 2.77. The third kappa shape index (κ3) is 4.46. The van der Waals surface area contributed by atoms with Gasteiger partial charge in [0.25, 0.3) is 0 Å². The highest BCUT2D eigenvalue weighted by molar-refractivity contribution is 5.93. The molecule has 3 N–H and O–H groups in total. The lowest BCUT2D eigenvalue weighted by Crippen LogP contribution is -2.27. The Morgan fingerprint density at radius 1 is 1.38 bits per heavy atom. The Labute approximate surface area is 127 Å². The zero-order valence-corrected chi connectivity index (χ0v) is 13.2. The molecule has 0 radical (unpaired) electrons. The highest BCUT2D eigenvalue weighted by atomic mass is 16.1. The number of hydrogen-bond acceptors (Lipinski definition) is 3. The van der Waals surface area contributed by atoms with Gasteiger partial charge in [-0.3, -0.25) is 4.79 Å². The molecule has 21 heavy (non-hydrogen) atoms. The molecule has 1 atom stereocenters. The Kier molecular flexibility index (Phi) is 5.62. The lowest BCUT2D eigenvalue weighted by molar-refractivity contribution is 0.1000. The molecule has 0 bridgehead atoms. The SMILES string of the molecule is CCCN1CCCC(Nc2ccc(C(N)=O)cc2C)CC1. The number of carbonyl (C=O) groups excluding carboxylic acids is 1. The van der Waals surface area contributed by atoms with Gasteiger partial charge in [0.15, 0.2) is 0 Å². The summed E-state index contributed by atoms with van der Waals surface area (Å²) in [5.41, 5.74) is 8.10. The number of nitrogens with one attached hydrogen (secondary N) is 1. The lowest BCUT2D eigenvalue weighted by Gasteiger charge is -2.21. The van der Waals surface area contributed by atoms with Crippen LogP contribution in [0.5, 0.6) is 0 Å². The fraction of sp³-hybridized carbons (Fsp3) is 0.588. The molecule has 0 aromatic heterocycles. The first-order valence-electron chi connectivity index (χ1n) is 7.99. The number of aryl methyl sites for hydroxylation is 1. The Hall–Kier alpha value is -1.55. The van der Waals surface area contributed by atoms with E-state index in [2.05, 4.69) is 17.1 Å². The first kappa shape index (κ1) is 15.8. The van der Waals surface area contributed by atoms with Crippen molar-refractivity contribution in [2.75, 3.05) is 25.0 Å². The summed E-state index contributed by atoms with van der Waals surface area (Å²) < 4.78 is 0. The minimum atomic E-state index is -0.366. The van der Waals surface area contributed by atoms with E-state index in [0.29, 0.717) is 11.6 Å². The van der Waals surface area contributed by atoms with Gasteiger partial charge in [0.2, 0.25) is 5.91 Å². The maximum absolute atomic E-state index is 11.2. The smallest absolute Gasteiger partial charge is 0.248 e. The molecule has 116 valence electrons. The minimum Gasteiger partial charge on any atom is -0.382 e. The number of nitrogens with zero attached hydrogens (tertiary/aromatic N) is 1. The number of likely N-dealkylation sites (tertiary alicyclic amines) is 1. The Balaban J connectivity index is 1.97. The molecule has 1 fully saturated rings. The predicted molar refractivity (Wildman–Crippen MR) is 87.7 cm³/mol. The van der Waals surface area contributed by atoms with Crippen molar-refractivity contribution >= 4 is 11.6 Å². The summed E-state index contributed by atoms with van der Waals surface area (Å²) in [7, 11) is 0. The Bertz CT molecular complexity index is 487. The van der Waals surface area contributed by atoms with Crippen molar-refractivity contribution in [2.45, 2.75) is 45.6 Å². The third-order valence-electron chi connectivity index (χ3n) is 4.23. The molecular weight excluding hydrogens is 262 g/mol. The Morgan fingerprint density at radius 2 is 2.19 bits per heavy atom. The van der Waals surface area contributed by atoms with Crippen molar-refractivity contribution in [1.29, 1.82) is 0 Å². The van der Waals surface area contributed by atoms with E-state index >= 15 is 0 Å². The van der Waals surface area contributed by atoms with Crippen LogP contribution in [0.15, 0.2) is 18.2 Å². The quantitative estimate of drug-likeness (QED) is 0.876. The molecule has 0 aliphatic carbocycles. The summed E-state index contributed by atoms with van der Waals surface area (Å²) in [6.45, 7) is 7.85. The molecule has 1 heterocycles. The van der Waals surface area contributed by atoms with Gasteiger partial charge in [-0.05, 0) is 69.5 Å². The van der Waals surface area contributed by atoms with Crippen LogP contribution >= 0.6 is 0 Å². The van der Waals surface area contributed by atoms with Gasteiger partial charge in [0, 0.05) is 23.8 Å². The summed E-state index contributed by atoms with van der Waals surface area (Å²) in [6, 6.07) is 6.16. The zero-order chi connectivity index (χ0) is 15.2. The lowest BCUT2D eigenvalue weighted by atomic mass is 10.1. The average Bonchev–Trinajstić information content (AvgIpc) is 2.67. The van der Waals surface area contributed by atoms with Crippen LogP contribution in [0.3, 0.4) is 0 Å². The van der Waals surface area contributed by atoms with Crippen molar-refractivity contribution in [1.82, 2.24) is 4.90 Å². The molecular formula is C17H27N3O. The number of nitrogens with two attached hydrogens (primary N) is 1. The largest absolute Gasteiger partial charge is 0.382 e. The van der Waals surface area contributed by atoms with Crippen molar-refractivity contribution in [3.8, 4) is 0 Å². The van der Waals surface area contributed by atoms with Crippen LogP contribution in [0.1, 0.15) is 48.5 Å². The van der Waals surface area contributed by atoms with Gasteiger partial charge in [-0.25, -0.2) is 0 Å². The second kappa shape index (κ2) is 7.46. The summed E-state index contributed by atoms with van der Waals surface area (Å²) in [5.74, 6) is -0.366. The summed E-state index contributed by atoms with van der Waals surface area (Å²) in [6.07, 6.45) is 4.86. The maximum atomic E-state index is 11.2. The molecule has 1 aromatic rings. The third-order valence-corrected chi connectivity index (χ3v) is 4.23. The molecule has 1 aliphatic heterocycles. The number of primary amides is 1. The van der Waals surface area contributed by atoms with Gasteiger partial charge in [-0.15, -0.1) is 0 Å². The second-order valence-corrected chi connectivity index (χ2v) is 6.01. The molecule has 1 aliphatic rings. The number of carbonyl (C=O) groups is 1. The van der Waals surface area contributed by atoms with Gasteiger partial charge in [0.1, 0.15) is 0 Å². The molecule has 2 rings (SSSR count). The standard InChI is InChI=1S/C17H27N3O/c1-3-9-20-10-4-5-15(8-11-20)19-16-7-6-14(17(18)21)12-13(16)2/h6-7,12,15,19H,3-5,8-11H2,1-2H3,(H2,18,21). The number of hydrogen-bond donors (Lipinski definition) is 2. The summed E-state index contributed by atoms with van der Waals surface area (Å²) >= 11 is 0. The molecule has 4 nitrogen and oxygen atoms in total. The van der Waals surface area contributed by atoms with E-state index in [1.807, 2.05) is 19.1 Å². The highest BCUT2D eigenvalue weighted by Gasteiger charge is 2.17. The molecule has 4 heteroatoms. The molecule has 1 amide bonds. The number of rotatable bonds is 5. The topological polar surface area (TPSA) is 58.4 Å². The normalized spacial score (nSPS) is 20.0. The average molecular weight is 289 g/mol. The molecule has 1 saturated heterocycles. The van der Waals surface area contributed by atoms with Gasteiger partial charge >= 0.3 is 0 Å². The van der Waals surface area contributed by atoms with E-state index in [0.717, 1.165) is 11.3 Å². The van der Waals surface area contributed by atoms with Crippen LogP contribution in [-0.2, 0) is 0 Å². The van der Waals surface area contributed by atoms with Crippen molar-refractivity contribution < 1.29 is 4.79 Å². The summed E-state index contributed by atoms with van der Waals surface area (Å²) in [4.78, 5) is 13.8. The summed E-state index contributed by atoms with van der Waals surface area (Å²) in [5, 5.41) is 3.64. The maximum Gasteiger partial charge on any atom is 0.248 e. The number of amides is 1. The van der Waals surface area contributed by atoms with Crippen LogP contribution in [0.2, 0.25) is 0 Å². The van der Waals surface area contributed by atoms with Crippen LogP contribution < -0.4 is 11.1 Å². The van der Waals surface area contributed by atoms with Crippen molar-refractivity contribution in [3.05, 3.63) is 29.3 Å². The van der Waals surface area contributed by atoms with Gasteiger partial charge in [-0.1, -0.05) is 6.92 Å². The van der Waals surface area contributed by atoms with Crippen LogP contribution in [0, 0.1) is 6.92 Å². The number of benzene rings is 1. The number of anilines is 1. The van der Waals surface area contributed by atoms with E-state index in [1.165, 1.54) is 45.3 Å². The van der Waals surface area contributed by atoms with E-state index in [-0.39, 0.29) is 5.91 Å². The Morgan fingerprint density at radius 3 is 2.86 bits per heavy atom. The van der Waals surface area contributed by atoms with Crippen molar-refractivity contribution in [2.24, 2.45) is 5.73 Å². The van der Waals surface area contributed by atoms with Gasteiger partial charge in [-0.2, -0.15) is 0 Å². The highest BCUT2D eigenvalue weighted by Crippen LogP contribution is 2.21. The molecule has 1 unspecified atom stereocenters. The van der Waals surface area contributed by atoms with Gasteiger partial charge in [0.05, 0.1) is 0 Å². The van der Waals surface area contributed by atoms with Gasteiger partial charge < -0.3 is 16.0 Å². The fourth-order valence-corrected chi connectivity index (χ4v) is 3.04. The molecule has 0 saturated carbocycles. The van der Waals surface area contributed by atoms with Crippen molar-refractivity contribution in [3.63, 3.8) is 0 Å². The molecule has 1 aromatic carbocycles. The zero-order valence-electron chi connectivity index (χ0n) is 13.2. The monoisotopic (exact) mass is 289 g/mol. The van der Waals surface area contributed by atoms with Crippen LogP contribution in [0.4, 0.5) is 5.69 Å². The first-order chi connectivity index (χ1) is 10.1.